The second kappa shape index (κ2) is 7.49. The molecule has 0 aromatic heterocycles. The van der Waals surface area contributed by atoms with Gasteiger partial charge in [-0.1, -0.05) is 35.5 Å². The van der Waals surface area contributed by atoms with Crippen molar-refractivity contribution in [2.75, 3.05) is 20.6 Å². The number of benzene rings is 1. The van der Waals surface area contributed by atoms with Gasteiger partial charge < -0.3 is 21.2 Å². The highest BCUT2D eigenvalue weighted by Gasteiger charge is 2.26. The highest BCUT2D eigenvalue weighted by molar-refractivity contribution is 6.07. The van der Waals surface area contributed by atoms with E-state index in [0.717, 1.165) is 0 Å². The van der Waals surface area contributed by atoms with Gasteiger partial charge in [0.15, 0.2) is 5.84 Å². The summed E-state index contributed by atoms with van der Waals surface area (Å²) in [5.74, 6) is -1.18. The summed E-state index contributed by atoms with van der Waals surface area (Å²) in [5.41, 5.74) is 6.35. The summed E-state index contributed by atoms with van der Waals surface area (Å²) < 4.78 is 0. The molecule has 1 rings (SSSR count). The van der Waals surface area contributed by atoms with Gasteiger partial charge in [0, 0.05) is 12.6 Å². The molecule has 20 heavy (non-hydrogen) atoms. The van der Waals surface area contributed by atoms with Crippen LogP contribution in [0.1, 0.15) is 18.4 Å². The number of amidine groups is 1. The van der Waals surface area contributed by atoms with E-state index in [9.17, 15) is 4.79 Å². The van der Waals surface area contributed by atoms with E-state index in [2.05, 4.69) is 10.5 Å². The predicted molar refractivity (Wildman–Crippen MR) is 78.8 cm³/mol. The van der Waals surface area contributed by atoms with Crippen molar-refractivity contribution >= 4 is 11.7 Å². The second-order valence-corrected chi connectivity index (χ2v) is 5.04. The highest BCUT2D eigenvalue weighted by Crippen LogP contribution is 2.16. The zero-order valence-corrected chi connectivity index (χ0v) is 12.1. The number of carbonyl (C=O) groups is 1. The summed E-state index contributed by atoms with van der Waals surface area (Å²) in [6.45, 7) is 2.62. The number of nitrogens with zero attached hydrogens (tertiary/aromatic N) is 2. The van der Waals surface area contributed by atoms with E-state index < -0.39 is 5.92 Å². The molecule has 110 valence electrons. The Hall–Kier alpha value is -2.08. The van der Waals surface area contributed by atoms with Gasteiger partial charge in [0.25, 0.3) is 0 Å². The van der Waals surface area contributed by atoms with E-state index in [0.29, 0.717) is 12.1 Å². The molecule has 1 aromatic carbocycles. The van der Waals surface area contributed by atoms with Crippen molar-refractivity contribution in [2.45, 2.75) is 18.9 Å². The van der Waals surface area contributed by atoms with Gasteiger partial charge in [0.1, 0.15) is 5.92 Å². The van der Waals surface area contributed by atoms with E-state index in [4.69, 9.17) is 10.9 Å². The first-order valence-electron chi connectivity index (χ1n) is 6.43. The van der Waals surface area contributed by atoms with Crippen molar-refractivity contribution in [3.63, 3.8) is 0 Å². The highest BCUT2D eigenvalue weighted by atomic mass is 16.4. The molecule has 0 aliphatic carbocycles. The molecule has 2 atom stereocenters. The van der Waals surface area contributed by atoms with Crippen LogP contribution in [0.2, 0.25) is 0 Å². The fourth-order valence-corrected chi connectivity index (χ4v) is 2.08. The molecule has 0 heterocycles. The lowest BCUT2D eigenvalue weighted by molar-refractivity contribution is -0.121. The number of carbonyl (C=O) groups excluding carboxylic acids is 1. The molecule has 0 bridgehead atoms. The van der Waals surface area contributed by atoms with E-state index in [1.54, 1.807) is 12.1 Å². The van der Waals surface area contributed by atoms with Crippen molar-refractivity contribution < 1.29 is 10.0 Å². The maximum absolute atomic E-state index is 12.3. The van der Waals surface area contributed by atoms with Gasteiger partial charge in [-0.05, 0) is 26.6 Å². The summed E-state index contributed by atoms with van der Waals surface area (Å²) in [6.07, 6.45) is 0. The lowest BCUT2D eigenvalue weighted by atomic mass is 9.97. The Labute approximate surface area is 119 Å². The van der Waals surface area contributed by atoms with Gasteiger partial charge in [-0.15, -0.1) is 0 Å². The average Bonchev–Trinajstić information content (AvgIpc) is 2.38. The first-order chi connectivity index (χ1) is 9.45. The summed E-state index contributed by atoms with van der Waals surface area (Å²) in [6, 6.07) is 8.99. The molecule has 0 aliphatic rings. The monoisotopic (exact) mass is 278 g/mol. The molecule has 1 aromatic rings. The molecule has 0 spiro atoms. The van der Waals surface area contributed by atoms with Crippen LogP contribution in [-0.2, 0) is 4.79 Å². The number of rotatable bonds is 6. The number of oxime groups is 1. The number of amides is 1. The number of nitrogens with two attached hydrogens (primary N) is 1. The predicted octanol–water partition coefficient (Wildman–Crippen LogP) is 0.583. The SMILES string of the molecule is CC(CN(C)C)NC(=O)C(/C(N)=N/O)c1ccccc1. The zero-order valence-electron chi connectivity index (χ0n) is 12.1. The van der Waals surface area contributed by atoms with Crippen molar-refractivity contribution in [2.24, 2.45) is 10.9 Å². The molecule has 4 N–H and O–H groups in total. The minimum Gasteiger partial charge on any atom is -0.409 e. The molecule has 0 radical (unpaired) electrons. The second-order valence-electron chi connectivity index (χ2n) is 5.04. The van der Waals surface area contributed by atoms with Gasteiger partial charge in [-0.2, -0.15) is 0 Å². The van der Waals surface area contributed by atoms with Crippen LogP contribution in [-0.4, -0.2) is 48.5 Å². The van der Waals surface area contributed by atoms with Gasteiger partial charge in [-0.25, -0.2) is 0 Å². The summed E-state index contributed by atoms with van der Waals surface area (Å²) in [4.78, 5) is 14.3. The van der Waals surface area contributed by atoms with E-state index in [1.165, 1.54) is 0 Å². The standard InChI is InChI=1S/C14H22N4O2/c1-10(9-18(2)3)16-14(19)12(13(15)17-20)11-7-5-4-6-8-11/h4-8,10,12,20H,9H2,1-3H3,(H2,15,17)(H,16,19). The molecule has 0 aliphatic heterocycles. The Morgan fingerprint density at radius 3 is 2.50 bits per heavy atom. The molecule has 6 nitrogen and oxygen atoms in total. The van der Waals surface area contributed by atoms with Crippen molar-refractivity contribution in [3.05, 3.63) is 35.9 Å². The van der Waals surface area contributed by atoms with Gasteiger partial charge in [0.2, 0.25) is 5.91 Å². The van der Waals surface area contributed by atoms with Crippen LogP contribution in [0, 0.1) is 0 Å². The van der Waals surface area contributed by atoms with Crippen LogP contribution >= 0.6 is 0 Å². The molecular weight excluding hydrogens is 256 g/mol. The Morgan fingerprint density at radius 1 is 1.40 bits per heavy atom. The molecule has 6 heteroatoms. The minimum absolute atomic E-state index is 0.0322. The van der Waals surface area contributed by atoms with Gasteiger partial charge in [0.05, 0.1) is 0 Å². The van der Waals surface area contributed by atoms with E-state index >= 15 is 0 Å². The number of likely N-dealkylation sites (N-methyl/N-ethyl adjacent to an activating group) is 1. The summed E-state index contributed by atoms with van der Waals surface area (Å²) in [5, 5.41) is 14.7. The normalized spacial score (nSPS) is 14.9. The molecular formula is C14H22N4O2. The number of nitrogens with one attached hydrogen (secondary N) is 1. The maximum atomic E-state index is 12.3. The summed E-state index contributed by atoms with van der Waals surface area (Å²) >= 11 is 0. The van der Waals surface area contributed by atoms with Gasteiger partial charge in [-0.3, -0.25) is 4.79 Å². The third kappa shape index (κ3) is 4.55. The molecule has 1 amide bonds. The fraction of sp³-hybridized carbons (Fsp3) is 0.429. The zero-order chi connectivity index (χ0) is 15.1. The fourth-order valence-electron chi connectivity index (χ4n) is 2.08. The lowest BCUT2D eigenvalue weighted by Crippen LogP contribution is -2.44. The largest absolute Gasteiger partial charge is 0.409 e. The van der Waals surface area contributed by atoms with E-state index in [1.807, 2.05) is 44.1 Å². The first kappa shape index (κ1) is 16.0. The minimum atomic E-state index is -0.786. The Morgan fingerprint density at radius 2 is 2.00 bits per heavy atom. The Kier molecular flexibility index (Phi) is 5.99. The third-order valence-corrected chi connectivity index (χ3v) is 2.83. The van der Waals surface area contributed by atoms with Crippen LogP contribution in [0.4, 0.5) is 0 Å². The Bertz CT molecular complexity index is 460. The van der Waals surface area contributed by atoms with Crippen LogP contribution in [0.5, 0.6) is 0 Å². The lowest BCUT2D eigenvalue weighted by Gasteiger charge is -2.22. The molecule has 0 saturated heterocycles. The van der Waals surface area contributed by atoms with Crippen molar-refractivity contribution in [1.29, 1.82) is 0 Å². The molecule has 0 saturated carbocycles. The van der Waals surface area contributed by atoms with Crippen molar-refractivity contribution in [3.8, 4) is 0 Å². The summed E-state index contributed by atoms with van der Waals surface area (Å²) in [7, 11) is 3.86. The van der Waals surface area contributed by atoms with Gasteiger partial charge >= 0.3 is 0 Å². The third-order valence-electron chi connectivity index (χ3n) is 2.83. The van der Waals surface area contributed by atoms with Crippen LogP contribution in [0.25, 0.3) is 0 Å². The topological polar surface area (TPSA) is 91.0 Å². The van der Waals surface area contributed by atoms with Crippen LogP contribution < -0.4 is 11.1 Å². The number of hydrogen-bond acceptors (Lipinski definition) is 4. The number of hydrogen-bond donors (Lipinski definition) is 3. The smallest absolute Gasteiger partial charge is 0.235 e. The van der Waals surface area contributed by atoms with Crippen LogP contribution in [0.15, 0.2) is 35.5 Å². The van der Waals surface area contributed by atoms with Crippen molar-refractivity contribution in [1.82, 2.24) is 10.2 Å². The Balaban J connectivity index is 2.87. The molecule has 0 fully saturated rings. The van der Waals surface area contributed by atoms with E-state index in [-0.39, 0.29) is 17.8 Å². The average molecular weight is 278 g/mol. The molecule has 2 unspecified atom stereocenters. The first-order valence-corrected chi connectivity index (χ1v) is 6.43. The van der Waals surface area contributed by atoms with Crippen LogP contribution in [0.3, 0.4) is 0 Å². The maximum Gasteiger partial charge on any atom is 0.235 e. The quantitative estimate of drug-likeness (QED) is 0.307.